The Kier molecular flexibility index (Phi) is 5.55. The van der Waals surface area contributed by atoms with Crippen molar-refractivity contribution in [2.45, 2.75) is 25.8 Å². The number of nitrogens with one attached hydrogen (secondary N) is 1. The molecule has 1 atom stereocenters. The lowest BCUT2D eigenvalue weighted by atomic mass is 10.0. The van der Waals surface area contributed by atoms with Gasteiger partial charge in [0.05, 0.1) is 4.47 Å². The zero-order valence-corrected chi connectivity index (χ0v) is 13.2. The quantitative estimate of drug-likeness (QED) is 0.785. The molecule has 0 radical (unpaired) electrons. The van der Waals surface area contributed by atoms with Gasteiger partial charge in [-0.15, -0.1) is 11.3 Å². The minimum atomic E-state index is -0.153. The smallest absolute Gasteiger partial charge is 0.142 e. The third-order valence-corrected chi connectivity index (χ3v) is 4.62. The second-order valence-corrected chi connectivity index (χ2v) is 6.26. The summed E-state index contributed by atoms with van der Waals surface area (Å²) >= 11 is 5.01. The first kappa shape index (κ1) is 14.7. The maximum absolute atomic E-state index is 14.2. The monoisotopic (exact) mass is 341 g/mol. The number of halogens is 2. The van der Waals surface area contributed by atoms with Crippen LogP contribution in [0.4, 0.5) is 4.39 Å². The first-order chi connectivity index (χ1) is 9.22. The van der Waals surface area contributed by atoms with E-state index in [9.17, 15) is 4.39 Å². The third-order valence-electron chi connectivity index (χ3n) is 3.07. The van der Waals surface area contributed by atoms with E-state index in [1.807, 2.05) is 19.1 Å². The van der Waals surface area contributed by atoms with Gasteiger partial charge in [0.2, 0.25) is 0 Å². The molecule has 1 heterocycles. The molecular weight excluding hydrogens is 325 g/mol. The van der Waals surface area contributed by atoms with Crippen LogP contribution in [0.1, 0.15) is 29.8 Å². The highest BCUT2D eigenvalue weighted by Gasteiger charge is 2.16. The highest BCUT2D eigenvalue weighted by atomic mass is 79.9. The largest absolute Gasteiger partial charge is 0.310 e. The van der Waals surface area contributed by atoms with Gasteiger partial charge in [-0.05, 0) is 52.8 Å². The van der Waals surface area contributed by atoms with E-state index in [0.717, 1.165) is 24.9 Å². The summed E-state index contributed by atoms with van der Waals surface area (Å²) in [5.41, 5.74) is 0.743. The Morgan fingerprint density at radius 1 is 1.32 bits per heavy atom. The highest BCUT2D eigenvalue weighted by Crippen LogP contribution is 2.27. The summed E-state index contributed by atoms with van der Waals surface area (Å²) in [6, 6.07) is 9.73. The van der Waals surface area contributed by atoms with E-state index < -0.39 is 0 Å². The van der Waals surface area contributed by atoms with E-state index in [-0.39, 0.29) is 11.9 Å². The Labute approximate surface area is 126 Å². The fourth-order valence-electron chi connectivity index (χ4n) is 2.14. The predicted molar refractivity (Wildman–Crippen MR) is 83.2 cm³/mol. The van der Waals surface area contributed by atoms with Crippen molar-refractivity contribution in [1.82, 2.24) is 5.32 Å². The summed E-state index contributed by atoms with van der Waals surface area (Å²) in [6.07, 6.45) is 1.88. The molecule has 1 aromatic heterocycles. The molecular formula is C15H17BrFNS. The van der Waals surface area contributed by atoms with Crippen molar-refractivity contribution < 1.29 is 4.39 Å². The van der Waals surface area contributed by atoms with Gasteiger partial charge in [0.25, 0.3) is 0 Å². The standard InChI is InChI=1S/C15H17BrFNS/c1-2-18-14(9-8-11-5-4-10-19-11)12-6-3-7-13(16)15(12)17/h3-7,10,14,18H,2,8-9H2,1H3. The minimum Gasteiger partial charge on any atom is -0.310 e. The average Bonchev–Trinajstić information content (AvgIpc) is 2.91. The first-order valence-corrected chi connectivity index (χ1v) is 8.09. The van der Waals surface area contributed by atoms with Gasteiger partial charge in [0.15, 0.2) is 0 Å². The van der Waals surface area contributed by atoms with Crippen LogP contribution >= 0.6 is 27.3 Å². The molecule has 102 valence electrons. The Hall–Kier alpha value is -0.710. The van der Waals surface area contributed by atoms with E-state index in [0.29, 0.717) is 4.47 Å². The van der Waals surface area contributed by atoms with E-state index in [1.54, 1.807) is 17.4 Å². The van der Waals surface area contributed by atoms with Gasteiger partial charge in [-0.2, -0.15) is 0 Å². The normalized spacial score (nSPS) is 12.6. The molecule has 0 amide bonds. The van der Waals surface area contributed by atoms with Crippen LogP contribution in [-0.2, 0) is 6.42 Å². The summed E-state index contributed by atoms with van der Waals surface area (Å²) in [4.78, 5) is 1.35. The zero-order chi connectivity index (χ0) is 13.7. The molecule has 1 unspecified atom stereocenters. The van der Waals surface area contributed by atoms with Gasteiger partial charge < -0.3 is 5.32 Å². The lowest BCUT2D eigenvalue weighted by Crippen LogP contribution is -2.22. The lowest BCUT2D eigenvalue weighted by Gasteiger charge is -2.19. The van der Waals surface area contributed by atoms with E-state index in [4.69, 9.17) is 0 Å². The topological polar surface area (TPSA) is 12.0 Å². The number of benzene rings is 1. The van der Waals surface area contributed by atoms with Crippen molar-refractivity contribution >= 4 is 27.3 Å². The molecule has 19 heavy (non-hydrogen) atoms. The van der Waals surface area contributed by atoms with Crippen molar-refractivity contribution in [1.29, 1.82) is 0 Å². The molecule has 1 N–H and O–H groups in total. The highest BCUT2D eigenvalue weighted by molar-refractivity contribution is 9.10. The van der Waals surface area contributed by atoms with Gasteiger partial charge in [-0.1, -0.05) is 25.1 Å². The molecule has 4 heteroatoms. The van der Waals surface area contributed by atoms with Crippen molar-refractivity contribution in [2.24, 2.45) is 0 Å². The molecule has 0 aliphatic rings. The fourth-order valence-corrected chi connectivity index (χ4v) is 3.25. The summed E-state index contributed by atoms with van der Waals surface area (Å²) in [5, 5.41) is 5.45. The van der Waals surface area contributed by atoms with Crippen LogP contribution in [0.5, 0.6) is 0 Å². The Morgan fingerprint density at radius 2 is 2.16 bits per heavy atom. The van der Waals surface area contributed by atoms with Crippen molar-refractivity contribution in [3.8, 4) is 0 Å². The third kappa shape index (κ3) is 3.88. The van der Waals surface area contributed by atoms with Crippen LogP contribution in [0.2, 0.25) is 0 Å². The van der Waals surface area contributed by atoms with Crippen LogP contribution in [0.15, 0.2) is 40.2 Å². The average molecular weight is 342 g/mol. The molecule has 1 aromatic carbocycles. The predicted octanol–water partition coefficient (Wildman–Crippen LogP) is 4.93. The van der Waals surface area contributed by atoms with E-state index >= 15 is 0 Å². The van der Waals surface area contributed by atoms with Gasteiger partial charge in [0.1, 0.15) is 5.82 Å². The summed E-state index contributed by atoms with van der Waals surface area (Å²) in [7, 11) is 0. The number of aryl methyl sites for hydroxylation is 1. The molecule has 0 aliphatic carbocycles. The zero-order valence-electron chi connectivity index (χ0n) is 10.8. The maximum Gasteiger partial charge on any atom is 0.142 e. The number of hydrogen-bond acceptors (Lipinski definition) is 2. The Balaban J connectivity index is 2.12. The first-order valence-electron chi connectivity index (χ1n) is 6.42. The van der Waals surface area contributed by atoms with Gasteiger partial charge in [-0.3, -0.25) is 0 Å². The SMILES string of the molecule is CCNC(CCc1cccs1)c1cccc(Br)c1F. The van der Waals surface area contributed by atoms with Crippen LogP contribution < -0.4 is 5.32 Å². The molecule has 0 aliphatic heterocycles. The summed E-state index contributed by atoms with van der Waals surface area (Å²) < 4.78 is 14.7. The van der Waals surface area contributed by atoms with E-state index in [2.05, 4.69) is 38.8 Å². The summed E-state index contributed by atoms with van der Waals surface area (Å²) in [5.74, 6) is -0.153. The lowest BCUT2D eigenvalue weighted by molar-refractivity contribution is 0.484. The van der Waals surface area contributed by atoms with Crippen molar-refractivity contribution in [3.05, 3.63) is 56.4 Å². The fraction of sp³-hybridized carbons (Fsp3) is 0.333. The second-order valence-electron chi connectivity index (χ2n) is 4.37. The number of hydrogen-bond donors (Lipinski definition) is 1. The van der Waals surface area contributed by atoms with Gasteiger partial charge in [0, 0.05) is 16.5 Å². The van der Waals surface area contributed by atoms with Crippen LogP contribution in [0.3, 0.4) is 0 Å². The Morgan fingerprint density at radius 3 is 2.84 bits per heavy atom. The number of rotatable bonds is 6. The molecule has 0 bridgehead atoms. The van der Waals surface area contributed by atoms with Crippen LogP contribution in [0.25, 0.3) is 0 Å². The molecule has 2 rings (SSSR count). The molecule has 0 saturated heterocycles. The maximum atomic E-state index is 14.2. The molecule has 2 aromatic rings. The molecule has 0 saturated carbocycles. The van der Waals surface area contributed by atoms with Crippen molar-refractivity contribution in [3.63, 3.8) is 0 Å². The second kappa shape index (κ2) is 7.17. The van der Waals surface area contributed by atoms with Crippen LogP contribution in [0, 0.1) is 5.82 Å². The van der Waals surface area contributed by atoms with Crippen molar-refractivity contribution in [2.75, 3.05) is 6.54 Å². The van der Waals surface area contributed by atoms with Gasteiger partial charge >= 0.3 is 0 Å². The molecule has 1 nitrogen and oxygen atoms in total. The molecule has 0 spiro atoms. The summed E-state index contributed by atoms with van der Waals surface area (Å²) in [6.45, 7) is 2.88. The Bertz CT molecular complexity index is 513. The molecule has 0 fully saturated rings. The van der Waals surface area contributed by atoms with E-state index in [1.165, 1.54) is 4.88 Å². The van der Waals surface area contributed by atoms with Crippen LogP contribution in [-0.4, -0.2) is 6.54 Å². The minimum absolute atomic E-state index is 0.0598. The number of thiophene rings is 1. The van der Waals surface area contributed by atoms with Gasteiger partial charge in [-0.25, -0.2) is 4.39 Å².